The van der Waals surface area contributed by atoms with E-state index in [1.807, 2.05) is 44.3 Å². The Labute approximate surface area is 127 Å². The average Bonchev–Trinajstić information content (AvgIpc) is 2.78. The van der Waals surface area contributed by atoms with Gasteiger partial charge < -0.3 is 10.6 Å². The van der Waals surface area contributed by atoms with Gasteiger partial charge in [-0.15, -0.1) is 0 Å². The zero-order valence-electron chi connectivity index (χ0n) is 12.5. The van der Waals surface area contributed by atoms with Crippen LogP contribution in [0.3, 0.4) is 0 Å². The molecular weight excluding hydrogens is 286 g/mol. The van der Waals surface area contributed by atoms with Crippen molar-refractivity contribution in [2.24, 2.45) is 0 Å². The molecule has 1 fully saturated rings. The van der Waals surface area contributed by atoms with E-state index in [0.717, 1.165) is 11.1 Å². The summed E-state index contributed by atoms with van der Waals surface area (Å²) >= 11 is 0. The first-order chi connectivity index (χ1) is 10.3. The fourth-order valence-electron chi connectivity index (χ4n) is 2.25. The van der Waals surface area contributed by atoms with Crippen LogP contribution in [0.25, 0.3) is 0 Å². The molecule has 1 saturated heterocycles. The zero-order valence-corrected chi connectivity index (χ0v) is 12.5. The molecule has 2 rings (SSSR count). The molecule has 22 heavy (non-hydrogen) atoms. The van der Waals surface area contributed by atoms with E-state index in [0.29, 0.717) is 5.69 Å². The molecule has 3 N–H and O–H groups in total. The highest BCUT2D eigenvalue weighted by Crippen LogP contribution is 2.27. The number of aryl methyl sites for hydroxylation is 1. The molecule has 0 aliphatic carbocycles. The minimum absolute atomic E-state index is 0.153. The van der Waals surface area contributed by atoms with Crippen LogP contribution in [-0.2, 0) is 14.4 Å². The lowest BCUT2D eigenvalue weighted by molar-refractivity contribution is -0.138. The predicted octanol–water partition coefficient (Wildman–Crippen LogP) is 0.834. The number of urea groups is 1. The van der Waals surface area contributed by atoms with Crippen molar-refractivity contribution in [1.29, 1.82) is 0 Å². The highest BCUT2D eigenvalue weighted by atomic mass is 16.2. The number of imide groups is 1. The molecule has 0 unspecified atom stereocenters. The van der Waals surface area contributed by atoms with Crippen LogP contribution in [0.5, 0.6) is 0 Å². The average molecular weight is 303 g/mol. The fraction of sp³-hybridized carbons (Fsp3) is 0.333. The number of carbonyl (C=O) groups excluding carboxylic acids is 4. The van der Waals surface area contributed by atoms with Gasteiger partial charge in [0.2, 0.25) is 0 Å². The third-order valence-corrected chi connectivity index (χ3v) is 3.43. The van der Waals surface area contributed by atoms with Gasteiger partial charge in [-0.25, -0.2) is 4.79 Å². The summed E-state index contributed by atoms with van der Waals surface area (Å²) in [7, 11) is 0. The van der Waals surface area contributed by atoms with Crippen molar-refractivity contribution >= 4 is 29.3 Å². The molecule has 0 bridgehead atoms. The van der Waals surface area contributed by atoms with Crippen molar-refractivity contribution in [3.8, 4) is 0 Å². The van der Waals surface area contributed by atoms with E-state index in [2.05, 4.69) is 10.6 Å². The van der Waals surface area contributed by atoms with Crippen LogP contribution in [0.2, 0.25) is 0 Å². The smallest absolute Gasteiger partial charge is 0.319 e. The standard InChI is InChI=1S/C15H17N3O4/c1-7(2)9-6-4-5-8(3)10(9)16-14(21)12(19)11-13(20)18-15(22)17-11/h4-7,11H,1-3H3,(H,16,21)(H2,17,18,20,22)/t11-/m1/s1. The number of ketones is 1. The van der Waals surface area contributed by atoms with Crippen molar-refractivity contribution in [3.63, 3.8) is 0 Å². The molecular formula is C15H17N3O4. The third kappa shape index (κ3) is 2.98. The molecule has 116 valence electrons. The largest absolute Gasteiger partial charge is 0.322 e. The van der Waals surface area contributed by atoms with E-state index in [-0.39, 0.29) is 5.92 Å². The number of hydrogen-bond acceptors (Lipinski definition) is 4. The number of hydrogen-bond donors (Lipinski definition) is 3. The van der Waals surface area contributed by atoms with Crippen molar-refractivity contribution in [3.05, 3.63) is 29.3 Å². The van der Waals surface area contributed by atoms with Crippen LogP contribution in [0.4, 0.5) is 10.5 Å². The van der Waals surface area contributed by atoms with E-state index in [9.17, 15) is 19.2 Å². The molecule has 1 aromatic carbocycles. The fourth-order valence-corrected chi connectivity index (χ4v) is 2.25. The Kier molecular flexibility index (Phi) is 4.25. The van der Waals surface area contributed by atoms with Gasteiger partial charge in [-0.05, 0) is 24.0 Å². The van der Waals surface area contributed by atoms with E-state index < -0.39 is 29.7 Å². The lowest BCUT2D eigenvalue weighted by Crippen LogP contribution is -2.44. The number of rotatable bonds is 4. The molecule has 4 amide bonds. The molecule has 1 heterocycles. The predicted molar refractivity (Wildman–Crippen MR) is 79.4 cm³/mol. The van der Waals surface area contributed by atoms with Crippen LogP contribution >= 0.6 is 0 Å². The van der Waals surface area contributed by atoms with Crippen LogP contribution in [0.1, 0.15) is 30.9 Å². The van der Waals surface area contributed by atoms with Gasteiger partial charge in [-0.1, -0.05) is 32.0 Å². The van der Waals surface area contributed by atoms with Gasteiger partial charge in [0.15, 0.2) is 6.04 Å². The molecule has 1 aliphatic rings. The van der Waals surface area contributed by atoms with Crippen LogP contribution in [0.15, 0.2) is 18.2 Å². The summed E-state index contributed by atoms with van der Waals surface area (Å²) in [5.74, 6) is -2.60. The second kappa shape index (κ2) is 5.97. The summed E-state index contributed by atoms with van der Waals surface area (Å²) in [4.78, 5) is 46.5. The first kappa shape index (κ1) is 15.7. The van der Waals surface area contributed by atoms with Gasteiger partial charge in [0, 0.05) is 5.69 Å². The number of nitrogens with one attached hydrogen (secondary N) is 3. The Morgan fingerprint density at radius 1 is 1.23 bits per heavy atom. The molecule has 1 aliphatic heterocycles. The van der Waals surface area contributed by atoms with Gasteiger partial charge in [0.05, 0.1) is 0 Å². The number of para-hydroxylation sites is 1. The first-order valence-electron chi connectivity index (χ1n) is 6.87. The van der Waals surface area contributed by atoms with E-state index in [4.69, 9.17) is 0 Å². The first-order valence-corrected chi connectivity index (χ1v) is 6.87. The molecule has 0 radical (unpaired) electrons. The van der Waals surface area contributed by atoms with Crippen LogP contribution < -0.4 is 16.0 Å². The number of Topliss-reactive ketones (excluding diaryl/α,β-unsaturated/α-hetero) is 1. The number of benzene rings is 1. The topological polar surface area (TPSA) is 104 Å². The maximum Gasteiger partial charge on any atom is 0.322 e. The Morgan fingerprint density at radius 2 is 1.91 bits per heavy atom. The van der Waals surface area contributed by atoms with Crippen molar-refractivity contribution in [1.82, 2.24) is 10.6 Å². The minimum Gasteiger partial charge on any atom is -0.319 e. The highest BCUT2D eigenvalue weighted by Gasteiger charge is 2.39. The van der Waals surface area contributed by atoms with Gasteiger partial charge in [0.1, 0.15) is 0 Å². The Hall–Kier alpha value is -2.70. The van der Waals surface area contributed by atoms with Gasteiger partial charge in [-0.3, -0.25) is 19.7 Å². The molecule has 1 aromatic rings. The number of carbonyl (C=O) groups is 4. The summed E-state index contributed by atoms with van der Waals surface area (Å²) in [6.07, 6.45) is 0. The monoisotopic (exact) mass is 303 g/mol. The summed E-state index contributed by atoms with van der Waals surface area (Å²) < 4.78 is 0. The quantitative estimate of drug-likeness (QED) is 0.435. The van der Waals surface area contributed by atoms with Gasteiger partial charge in [-0.2, -0.15) is 0 Å². The summed E-state index contributed by atoms with van der Waals surface area (Å²) in [5.41, 5.74) is 2.26. The molecule has 7 nitrogen and oxygen atoms in total. The molecule has 0 saturated carbocycles. The summed E-state index contributed by atoms with van der Waals surface area (Å²) in [6, 6.07) is 3.29. The maximum atomic E-state index is 12.1. The van der Waals surface area contributed by atoms with Gasteiger partial charge in [0.25, 0.3) is 17.6 Å². The lowest BCUT2D eigenvalue weighted by atomic mass is 9.98. The summed E-state index contributed by atoms with van der Waals surface area (Å²) in [6.45, 7) is 5.75. The van der Waals surface area contributed by atoms with Gasteiger partial charge >= 0.3 is 6.03 Å². The van der Waals surface area contributed by atoms with Crippen molar-refractivity contribution in [2.75, 3.05) is 5.32 Å². The second-order valence-electron chi connectivity index (χ2n) is 5.41. The maximum absolute atomic E-state index is 12.1. The van der Waals surface area contributed by atoms with E-state index in [1.54, 1.807) is 0 Å². The summed E-state index contributed by atoms with van der Waals surface area (Å²) in [5, 5.41) is 6.58. The third-order valence-electron chi connectivity index (χ3n) is 3.43. The van der Waals surface area contributed by atoms with Crippen LogP contribution in [0, 0.1) is 6.92 Å². The highest BCUT2D eigenvalue weighted by molar-refractivity contribution is 6.47. The minimum atomic E-state index is -1.47. The molecule has 0 aromatic heterocycles. The number of anilines is 1. The van der Waals surface area contributed by atoms with E-state index in [1.165, 1.54) is 0 Å². The molecule has 1 atom stereocenters. The Bertz CT molecular complexity index is 667. The van der Waals surface area contributed by atoms with Crippen molar-refractivity contribution in [2.45, 2.75) is 32.7 Å². The second-order valence-corrected chi connectivity index (χ2v) is 5.41. The van der Waals surface area contributed by atoms with Crippen molar-refractivity contribution < 1.29 is 19.2 Å². The SMILES string of the molecule is Cc1cccc(C(C)C)c1NC(=O)C(=O)[C@H]1NC(=O)NC1=O. The lowest BCUT2D eigenvalue weighted by Gasteiger charge is -2.16. The normalized spacial score (nSPS) is 17.2. The number of amides is 4. The molecule has 7 heteroatoms. The Morgan fingerprint density at radius 3 is 2.45 bits per heavy atom. The zero-order chi connectivity index (χ0) is 16.4. The Balaban J connectivity index is 2.21. The van der Waals surface area contributed by atoms with Crippen LogP contribution in [-0.4, -0.2) is 29.7 Å². The van der Waals surface area contributed by atoms with E-state index >= 15 is 0 Å². The molecule has 0 spiro atoms.